The summed E-state index contributed by atoms with van der Waals surface area (Å²) < 4.78 is 5.32. The molecular formula is C15H24N2O2. The lowest BCUT2D eigenvalue weighted by molar-refractivity contribution is -0.136. The predicted octanol–water partition coefficient (Wildman–Crippen LogP) is 2.14. The van der Waals surface area contributed by atoms with Gasteiger partial charge in [-0.25, -0.2) is 0 Å². The van der Waals surface area contributed by atoms with Gasteiger partial charge in [0.05, 0.1) is 6.10 Å². The molecule has 0 heterocycles. The van der Waals surface area contributed by atoms with Gasteiger partial charge in [0.1, 0.15) is 6.61 Å². The van der Waals surface area contributed by atoms with Gasteiger partial charge >= 0.3 is 0 Å². The first-order valence-corrected chi connectivity index (χ1v) is 6.52. The first-order valence-electron chi connectivity index (χ1n) is 6.52. The Morgan fingerprint density at radius 3 is 2.21 bits per heavy atom. The summed E-state index contributed by atoms with van der Waals surface area (Å²) in [5.41, 5.74) is 2.27. The molecule has 0 radical (unpaired) electrons. The van der Waals surface area contributed by atoms with Crippen LogP contribution in [0.2, 0.25) is 0 Å². The number of benzene rings is 1. The van der Waals surface area contributed by atoms with Crippen molar-refractivity contribution in [2.24, 2.45) is 0 Å². The molecular weight excluding hydrogens is 240 g/mol. The van der Waals surface area contributed by atoms with E-state index in [1.807, 2.05) is 40.1 Å². The molecule has 0 fully saturated rings. The second-order valence-electron chi connectivity index (χ2n) is 5.17. The largest absolute Gasteiger partial charge is 0.378 e. The number of nitrogens with zero attached hydrogens (tertiary/aromatic N) is 2. The third-order valence-electron chi connectivity index (χ3n) is 2.84. The highest BCUT2D eigenvalue weighted by Crippen LogP contribution is 2.13. The van der Waals surface area contributed by atoms with Gasteiger partial charge in [-0.1, -0.05) is 12.1 Å². The van der Waals surface area contributed by atoms with Crippen LogP contribution in [0.25, 0.3) is 0 Å². The number of hydrogen-bond donors (Lipinski definition) is 0. The van der Waals surface area contributed by atoms with Crippen LogP contribution in [0.3, 0.4) is 0 Å². The summed E-state index contributed by atoms with van der Waals surface area (Å²) in [5.74, 6) is 0.00499. The Bertz CT molecular complexity index is 399. The van der Waals surface area contributed by atoms with E-state index in [1.165, 1.54) is 0 Å². The van der Waals surface area contributed by atoms with E-state index < -0.39 is 0 Å². The number of likely N-dealkylation sites (N-methyl/N-ethyl adjacent to an activating group) is 1. The molecule has 0 spiro atoms. The predicted molar refractivity (Wildman–Crippen MR) is 78.3 cm³/mol. The molecule has 0 aliphatic heterocycles. The maximum Gasteiger partial charge on any atom is 0.248 e. The second-order valence-corrected chi connectivity index (χ2v) is 5.17. The zero-order valence-electron chi connectivity index (χ0n) is 12.5. The number of amides is 1. The molecule has 0 aliphatic carbocycles. The fourth-order valence-electron chi connectivity index (χ4n) is 1.61. The van der Waals surface area contributed by atoms with Gasteiger partial charge in [-0.3, -0.25) is 4.79 Å². The number of anilines is 1. The number of rotatable bonds is 6. The van der Waals surface area contributed by atoms with E-state index in [2.05, 4.69) is 17.0 Å². The summed E-state index contributed by atoms with van der Waals surface area (Å²) in [6.07, 6.45) is 0.0803. The monoisotopic (exact) mass is 264 g/mol. The molecule has 0 unspecified atom stereocenters. The minimum atomic E-state index is 0.00499. The molecule has 4 nitrogen and oxygen atoms in total. The van der Waals surface area contributed by atoms with E-state index in [0.29, 0.717) is 6.54 Å². The molecule has 0 aromatic heterocycles. The van der Waals surface area contributed by atoms with Crippen molar-refractivity contribution in [1.82, 2.24) is 4.90 Å². The third-order valence-corrected chi connectivity index (χ3v) is 2.84. The Balaban J connectivity index is 2.51. The SMILES string of the molecule is CC(C)OCC(=O)N(C)Cc1ccc(N(C)C)cc1. The lowest BCUT2D eigenvalue weighted by Gasteiger charge is -2.19. The molecule has 4 heteroatoms. The van der Waals surface area contributed by atoms with Crippen molar-refractivity contribution in [2.45, 2.75) is 26.5 Å². The van der Waals surface area contributed by atoms with E-state index >= 15 is 0 Å². The standard InChI is InChI=1S/C15H24N2O2/c1-12(2)19-11-15(18)17(5)10-13-6-8-14(9-7-13)16(3)4/h6-9,12H,10-11H2,1-5H3. The van der Waals surface area contributed by atoms with Crippen molar-refractivity contribution in [3.63, 3.8) is 0 Å². The minimum absolute atomic E-state index is 0.00499. The van der Waals surface area contributed by atoms with Gasteiger partial charge in [-0.15, -0.1) is 0 Å². The van der Waals surface area contributed by atoms with Gasteiger partial charge in [0, 0.05) is 33.4 Å². The van der Waals surface area contributed by atoms with Crippen LogP contribution < -0.4 is 4.90 Å². The second kappa shape index (κ2) is 7.14. The first-order chi connectivity index (χ1) is 8.90. The maximum atomic E-state index is 11.8. The molecule has 19 heavy (non-hydrogen) atoms. The summed E-state index contributed by atoms with van der Waals surface area (Å²) in [5, 5.41) is 0. The van der Waals surface area contributed by atoms with Crippen molar-refractivity contribution in [3.05, 3.63) is 29.8 Å². The van der Waals surface area contributed by atoms with Crippen LogP contribution in [-0.2, 0) is 16.1 Å². The number of hydrogen-bond acceptors (Lipinski definition) is 3. The minimum Gasteiger partial charge on any atom is -0.378 e. The van der Waals surface area contributed by atoms with Crippen molar-refractivity contribution in [3.8, 4) is 0 Å². The van der Waals surface area contributed by atoms with Crippen molar-refractivity contribution in [2.75, 3.05) is 32.6 Å². The zero-order valence-corrected chi connectivity index (χ0v) is 12.5. The van der Waals surface area contributed by atoms with Crippen molar-refractivity contribution >= 4 is 11.6 Å². The third kappa shape index (κ3) is 5.30. The molecule has 1 rings (SSSR count). The fourth-order valence-corrected chi connectivity index (χ4v) is 1.61. The van der Waals surface area contributed by atoms with E-state index in [4.69, 9.17) is 4.74 Å². The first kappa shape index (κ1) is 15.5. The van der Waals surface area contributed by atoms with Gasteiger partial charge in [-0.2, -0.15) is 0 Å². The molecule has 0 aliphatic rings. The van der Waals surface area contributed by atoms with Crippen LogP contribution in [0, 0.1) is 0 Å². The average molecular weight is 264 g/mol. The van der Waals surface area contributed by atoms with Crippen LogP contribution in [0.1, 0.15) is 19.4 Å². The molecule has 0 N–H and O–H groups in total. The maximum absolute atomic E-state index is 11.8. The molecule has 0 saturated carbocycles. The van der Waals surface area contributed by atoms with E-state index in [0.717, 1.165) is 11.3 Å². The van der Waals surface area contributed by atoms with Crippen LogP contribution in [0.5, 0.6) is 0 Å². The topological polar surface area (TPSA) is 32.8 Å². The van der Waals surface area contributed by atoms with E-state index in [9.17, 15) is 4.79 Å². The summed E-state index contributed by atoms with van der Waals surface area (Å²) >= 11 is 0. The molecule has 1 aromatic rings. The lowest BCUT2D eigenvalue weighted by atomic mass is 10.2. The summed E-state index contributed by atoms with van der Waals surface area (Å²) in [7, 11) is 5.81. The molecule has 1 amide bonds. The molecule has 0 bridgehead atoms. The van der Waals surface area contributed by atoms with Crippen molar-refractivity contribution in [1.29, 1.82) is 0 Å². The Morgan fingerprint density at radius 1 is 1.16 bits per heavy atom. The van der Waals surface area contributed by atoms with Crippen LogP contribution in [0.15, 0.2) is 24.3 Å². The number of ether oxygens (including phenoxy) is 1. The Labute approximate surface area is 116 Å². The van der Waals surface area contributed by atoms with Crippen LogP contribution in [-0.4, -0.2) is 44.7 Å². The quantitative estimate of drug-likeness (QED) is 0.789. The van der Waals surface area contributed by atoms with E-state index in [1.54, 1.807) is 11.9 Å². The smallest absolute Gasteiger partial charge is 0.248 e. The highest BCUT2D eigenvalue weighted by atomic mass is 16.5. The normalized spacial score (nSPS) is 10.6. The Hall–Kier alpha value is -1.55. The summed E-state index contributed by atoms with van der Waals surface area (Å²) in [6, 6.07) is 8.20. The van der Waals surface area contributed by atoms with Gasteiger partial charge < -0.3 is 14.5 Å². The van der Waals surface area contributed by atoms with Gasteiger partial charge in [0.25, 0.3) is 0 Å². The van der Waals surface area contributed by atoms with E-state index in [-0.39, 0.29) is 18.6 Å². The molecule has 0 atom stereocenters. The summed E-state index contributed by atoms with van der Waals surface area (Å²) in [6.45, 7) is 4.60. The average Bonchev–Trinajstić information content (AvgIpc) is 2.36. The highest BCUT2D eigenvalue weighted by Gasteiger charge is 2.10. The number of carbonyl (C=O) groups excluding carboxylic acids is 1. The van der Waals surface area contributed by atoms with Gasteiger partial charge in [-0.05, 0) is 31.5 Å². The zero-order chi connectivity index (χ0) is 14.4. The Kier molecular flexibility index (Phi) is 5.83. The fraction of sp³-hybridized carbons (Fsp3) is 0.533. The number of carbonyl (C=O) groups is 1. The van der Waals surface area contributed by atoms with Crippen molar-refractivity contribution < 1.29 is 9.53 Å². The van der Waals surface area contributed by atoms with Crippen LogP contribution >= 0.6 is 0 Å². The lowest BCUT2D eigenvalue weighted by Crippen LogP contribution is -2.30. The van der Waals surface area contributed by atoms with Crippen LogP contribution in [0.4, 0.5) is 5.69 Å². The summed E-state index contributed by atoms with van der Waals surface area (Å²) in [4.78, 5) is 15.6. The molecule has 0 saturated heterocycles. The molecule has 106 valence electrons. The Morgan fingerprint density at radius 2 is 1.74 bits per heavy atom. The van der Waals surface area contributed by atoms with Gasteiger partial charge in [0.15, 0.2) is 0 Å². The molecule has 1 aromatic carbocycles. The van der Waals surface area contributed by atoms with Gasteiger partial charge in [0.2, 0.25) is 5.91 Å². The highest BCUT2D eigenvalue weighted by molar-refractivity contribution is 5.77.